The number of benzene rings is 2. The Bertz CT molecular complexity index is 598. The van der Waals surface area contributed by atoms with Gasteiger partial charge in [0.2, 0.25) is 0 Å². The summed E-state index contributed by atoms with van der Waals surface area (Å²) >= 11 is 0. The van der Waals surface area contributed by atoms with Gasteiger partial charge in [0.15, 0.2) is 0 Å². The van der Waals surface area contributed by atoms with Crippen molar-refractivity contribution in [2.45, 2.75) is 26.3 Å². The van der Waals surface area contributed by atoms with E-state index in [1.54, 1.807) is 20.1 Å². The maximum absolute atomic E-state index is 14.5. The van der Waals surface area contributed by atoms with Crippen molar-refractivity contribution in [3.05, 3.63) is 65.0 Å². The molecule has 2 aromatic carbocycles. The van der Waals surface area contributed by atoms with Crippen LogP contribution >= 0.6 is 0 Å². The van der Waals surface area contributed by atoms with Gasteiger partial charge in [0, 0.05) is 5.56 Å². The van der Waals surface area contributed by atoms with E-state index in [0.717, 1.165) is 24.3 Å². The Morgan fingerprint density at radius 1 is 1.19 bits per heavy atom. The fourth-order valence-electron chi connectivity index (χ4n) is 2.41. The molecule has 0 amide bonds. The van der Waals surface area contributed by atoms with Gasteiger partial charge in [-0.15, -0.1) is 0 Å². The molecule has 0 aliphatic rings. The zero-order valence-electron chi connectivity index (χ0n) is 12.8. The van der Waals surface area contributed by atoms with Crippen LogP contribution in [0.25, 0.3) is 0 Å². The average Bonchev–Trinajstić information content (AvgIpc) is 2.52. The number of nitrogens with one attached hydrogen (secondary N) is 1. The third kappa shape index (κ3) is 3.61. The summed E-state index contributed by atoms with van der Waals surface area (Å²) in [5.74, 6) is 0.637. The van der Waals surface area contributed by atoms with Crippen LogP contribution in [0, 0.1) is 12.7 Å². The summed E-state index contributed by atoms with van der Waals surface area (Å²) in [5, 5.41) is 3.43. The van der Waals surface area contributed by atoms with Crippen LogP contribution in [0.15, 0.2) is 42.5 Å². The van der Waals surface area contributed by atoms with Crippen LogP contribution in [0.3, 0.4) is 0 Å². The van der Waals surface area contributed by atoms with Crippen molar-refractivity contribution in [2.24, 2.45) is 0 Å². The van der Waals surface area contributed by atoms with Crippen LogP contribution in [0.4, 0.5) is 4.39 Å². The topological polar surface area (TPSA) is 21.3 Å². The normalized spacial score (nSPS) is 12.2. The van der Waals surface area contributed by atoms with E-state index in [9.17, 15) is 4.39 Å². The highest BCUT2D eigenvalue weighted by Crippen LogP contribution is 2.28. The second kappa shape index (κ2) is 7.23. The molecule has 0 aliphatic carbocycles. The fourth-order valence-corrected chi connectivity index (χ4v) is 2.41. The molecule has 0 bridgehead atoms. The molecule has 0 heterocycles. The molecule has 2 nitrogen and oxygen atoms in total. The van der Waals surface area contributed by atoms with Gasteiger partial charge in [-0.1, -0.05) is 37.3 Å². The third-order valence-electron chi connectivity index (χ3n) is 3.56. The Hall–Kier alpha value is -1.87. The molecule has 0 radical (unpaired) electrons. The summed E-state index contributed by atoms with van der Waals surface area (Å²) in [6, 6.07) is 13.1. The summed E-state index contributed by atoms with van der Waals surface area (Å²) in [6.45, 7) is 4.72. The van der Waals surface area contributed by atoms with Gasteiger partial charge in [0.25, 0.3) is 0 Å². The second-order valence-electron chi connectivity index (χ2n) is 5.14. The van der Waals surface area contributed by atoms with Crippen LogP contribution in [0.1, 0.15) is 36.1 Å². The number of ether oxygens (including phenoxy) is 1. The SMILES string of the molecule is CCCNC(c1cccc(OC)c1)c1cccc(C)c1F. The highest BCUT2D eigenvalue weighted by molar-refractivity contribution is 5.38. The standard InChI is InChI=1S/C18H22FNO/c1-4-11-20-18(14-8-6-9-15(12-14)21-3)16-10-5-7-13(2)17(16)19/h5-10,12,18,20H,4,11H2,1-3H3. The first-order chi connectivity index (χ1) is 10.2. The van der Waals surface area contributed by atoms with E-state index in [0.29, 0.717) is 11.1 Å². The van der Waals surface area contributed by atoms with Crippen LogP contribution in [-0.2, 0) is 0 Å². The maximum atomic E-state index is 14.5. The van der Waals surface area contributed by atoms with Gasteiger partial charge in [0.1, 0.15) is 11.6 Å². The number of hydrogen-bond donors (Lipinski definition) is 1. The van der Waals surface area contributed by atoms with Gasteiger partial charge in [0.05, 0.1) is 13.2 Å². The van der Waals surface area contributed by atoms with Crippen molar-refractivity contribution < 1.29 is 9.13 Å². The zero-order valence-corrected chi connectivity index (χ0v) is 12.8. The van der Waals surface area contributed by atoms with E-state index in [-0.39, 0.29) is 11.9 Å². The van der Waals surface area contributed by atoms with E-state index < -0.39 is 0 Å². The van der Waals surface area contributed by atoms with E-state index in [4.69, 9.17) is 4.74 Å². The minimum absolute atomic E-state index is 0.145. The zero-order chi connectivity index (χ0) is 15.2. The predicted octanol–water partition coefficient (Wildman–Crippen LogP) is 4.23. The lowest BCUT2D eigenvalue weighted by Crippen LogP contribution is -2.24. The minimum atomic E-state index is -0.167. The molecule has 2 aromatic rings. The molecule has 21 heavy (non-hydrogen) atoms. The molecule has 1 atom stereocenters. The third-order valence-corrected chi connectivity index (χ3v) is 3.56. The van der Waals surface area contributed by atoms with Gasteiger partial charge in [-0.2, -0.15) is 0 Å². The first-order valence-electron chi connectivity index (χ1n) is 7.29. The van der Waals surface area contributed by atoms with Gasteiger partial charge in [-0.25, -0.2) is 4.39 Å². The molecule has 1 N–H and O–H groups in total. The summed E-state index contributed by atoms with van der Waals surface area (Å²) < 4.78 is 19.8. The fraction of sp³-hybridized carbons (Fsp3) is 0.333. The smallest absolute Gasteiger partial charge is 0.131 e. The lowest BCUT2D eigenvalue weighted by atomic mass is 9.96. The largest absolute Gasteiger partial charge is 0.497 e. The second-order valence-corrected chi connectivity index (χ2v) is 5.14. The van der Waals surface area contributed by atoms with Gasteiger partial charge < -0.3 is 10.1 Å². The highest BCUT2D eigenvalue weighted by atomic mass is 19.1. The quantitative estimate of drug-likeness (QED) is 0.858. The predicted molar refractivity (Wildman–Crippen MR) is 84.3 cm³/mol. The number of halogens is 1. The highest BCUT2D eigenvalue weighted by Gasteiger charge is 2.18. The molecule has 0 saturated carbocycles. The van der Waals surface area contributed by atoms with Crippen LogP contribution in [-0.4, -0.2) is 13.7 Å². The van der Waals surface area contributed by atoms with Gasteiger partial charge >= 0.3 is 0 Å². The maximum Gasteiger partial charge on any atom is 0.131 e. The van der Waals surface area contributed by atoms with E-state index in [2.05, 4.69) is 12.2 Å². The van der Waals surface area contributed by atoms with Crippen molar-refractivity contribution in [2.75, 3.05) is 13.7 Å². The van der Waals surface area contributed by atoms with Crippen molar-refractivity contribution in [1.82, 2.24) is 5.32 Å². The first-order valence-corrected chi connectivity index (χ1v) is 7.29. The first kappa shape index (κ1) is 15.5. The minimum Gasteiger partial charge on any atom is -0.497 e. The van der Waals surface area contributed by atoms with E-state index in [1.807, 2.05) is 36.4 Å². The Morgan fingerprint density at radius 3 is 2.67 bits per heavy atom. The molecule has 0 spiro atoms. The summed E-state index contributed by atoms with van der Waals surface area (Å²) in [4.78, 5) is 0. The summed E-state index contributed by atoms with van der Waals surface area (Å²) in [7, 11) is 1.64. The van der Waals surface area contributed by atoms with Crippen LogP contribution in [0.5, 0.6) is 5.75 Å². The molecule has 2 rings (SSSR count). The van der Waals surface area contributed by atoms with E-state index >= 15 is 0 Å². The molecule has 0 fully saturated rings. The number of aryl methyl sites for hydroxylation is 1. The number of hydrogen-bond acceptors (Lipinski definition) is 2. The van der Waals surface area contributed by atoms with Gasteiger partial charge in [-0.3, -0.25) is 0 Å². The van der Waals surface area contributed by atoms with Crippen molar-refractivity contribution >= 4 is 0 Å². The van der Waals surface area contributed by atoms with Crippen molar-refractivity contribution in [3.8, 4) is 5.75 Å². The Kier molecular flexibility index (Phi) is 5.34. The lowest BCUT2D eigenvalue weighted by Gasteiger charge is -2.21. The van der Waals surface area contributed by atoms with Crippen LogP contribution < -0.4 is 10.1 Å². The molecule has 112 valence electrons. The Balaban J connectivity index is 2.44. The summed E-state index contributed by atoms with van der Waals surface area (Å²) in [5.41, 5.74) is 2.35. The lowest BCUT2D eigenvalue weighted by molar-refractivity contribution is 0.413. The number of methoxy groups -OCH3 is 1. The summed E-state index contributed by atoms with van der Waals surface area (Å²) in [6.07, 6.45) is 0.994. The molecule has 0 aliphatic heterocycles. The Morgan fingerprint density at radius 2 is 1.95 bits per heavy atom. The number of rotatable bonds is 6. The van der Waals surface area contributed by atoms with Crippen molar-refractivity contribution in [3.63, 3.8) is 0 Å². The molecular formula is C18H22FNO. The molecule has 1 unspecified atom stereocenters. The van der Waals surface area contributed by atoms with Crippen molar-refractivity contribution in [1.29, 1.82) is 0 Å². The monoisotopic (exact) mass is 287 g/mol. The molecule has 0 saturated heterocycles. The molecule has 0 aromatic heterocycles. The molecular weight excluding hydrogens is 265 g/mol. The van der Waals surface area contributed by atoms with E-state index in [1.165, 1.54) is 0 Å². The Labute approximate surface area is 126 Å². The average molecular weight is 287 g/mol. The molecule has 3 heteroatoms. The van der Waals surface area contributed by atoms with Crippen LogP contribution in [0.2, 0.25) is 0 Å². The van der Waals surface area contributed by atoms with Gasteiger partial charge in [-0.05, 0) is 43.1 Å².